The van der Waals surface area contributed by atoms with Gasteiger partial charge in [-0.15, -0.1) is 0 Å². The van der Waals surface area contributed by atoms with Crippen molar-refractivity contribution < 1.29 is 5.11 Å². The van der Waals surface area contributed by atoms with Crippen LogP contribution < -0.4 is 0 Å². The molecule has 86 valence electrons. The molecule has 0 spiro atoms. The van der Waals surface area contributed by atoms with E-state index in [9.17, 15) is 5.11 Å². The molecule has 1 rings (SSSR count). The van der Waals surface area contributed by atoms with Crippen LogP contribution in [0, 0.1) is 0 Å². The Morgan fingerprint density at radius 2 is 2.20 bits per heavy atom. The van der Waals surface area contributed by atoms with Crippen molar-refractivity contribution in [3.63, 3.8) is 0 Å². The van der Waals surface area contributed by atoms with Crippen molar-refractivity contribution in [3.05, 3.63) is 18.0 Å². The van der Waals surface area contributed by atoms with Crippen LogP contribution in [0.25, 0.3) is 0 Å². The molecule has 0 saturated heterocycles. The highest BCUT2D eigenvalue weighted by Crippen LogP contribution is 2.08. The largest absolute Gasteiger partial charge is 0.389 e. The van der Waals surface area contributed by atoms with Gasteiger partial charge in [-0.1, -0.05) is 6.92 Å². The van der Waals surface area contributed by atoms with E-state index < -0.39 is 5.60 Å². The van der Waals surface area contributed by atoms with E-state index in [0.29, 0.717) is 6.54 Å². The summed E-state index contributed by atoms with van der Waals surface area (Å²) in [6.07, 6.45) is 1.94. The van der Waals surface area contributed by atoms with Gasteiger partial charge in [0, 0.05) is 26.3 Å². The topological polar surface area (TPSA) is 41.3 Å². The van der Waals surface area contributed by atoms with Gasteiger partial charge in [0.2, 0.25) is 0 Å². The summed E-state index contributed by atoms with van der Waals surface area (Å²) in [5.74, 6) is 0. The lowest BCUT2D eigenvalue weighted by Gasteiger charge is -2.27. The van der Waals surface area contributed by atoms with Crippen molar-refractivity contribution in [3.8, 4) is 0 Å². The highest BCUT2D eigenvalue weighted by atomic mass is 16.3. The van der Waals surface area contributed by atoms with Crippen LogP contribution >= 0.6 is 0 Å². The third-order valence-corrected chi connectivity index (χ3v) is 2.21. The second-order valence-electron chi connectivity index (χ2n) is 4.60. The highest BCUT2D eigenvalue weighted by molar-refractivity contribution is 4.98. The Morgan fingerprint density at radius 3 is 2.60 bits per heavy atom. The Morgan fingerprint density at radius 1 is 1.53 bits per heavy atom. The molecule has 1 aromatic rings. The van der Waals surface area contributed by atoms with Crippen molar-refractivity contribution in [2.24, 2.45) is 7.05 Å². The molecule has 0 amide bonds. The fraction of sp³-hybridized carbons (Fsp3) is 0.727. The van der Waals surface area contributed by atoms with Crippen LogP contribution in [0.5, 0.6) is 0 Å². The number of hydrogen-bond acceptors (Lipinski definition) is 3. The van der Waals surface area contributed by atoms with Crippen LogP contribution in [-0.2, 0) is 13.6 Å². The zero-order valence-corrected chi connectivity index (χ0v) is 10.1. The molecule has 0 radical (unpaired) electrons. The van der Waals surface area contributed by atoms with Gasteiger partial charge in [0.1, 0.15) is 0 Å². The molecule has 0 fully saturated rings. The number of hydrogen-bond donors (Lipinski definition) is 1. The molecule has 1 aromatic heterocycles. The molecule has 4 nitrogen and oxygen atoms in total. The molecule has 1 N–H and O–H groups in total. The lowest BCUT2D eigenvalue weighted by molar-refractivity contribution is 0.0349. The number of aromatic nitrogens is 2. The van der Waals surface area contributed by atoms with Gasteiger partial charge in [0.15, 0.2) is 0 Å². The van der Waals surface area contributed by atoms with Crippen LogP contribution in [0.15, 0.2) is 12.3 Å². The molecule has 0 atom stereocenters. The summed E-state index contributed by atoms with van der Waals surface area (Å²) in [6, 6.07) is 2.01. The second kappa shape index (κ2) is 4.77. The first-order valence-corrected chi connectivity index (χ1v) is 5.34. The standard InChI is InChI=1S/C11H21N3O/c1-5-14(9-11(2,3)15)8-10-6-7-13(4)12-10/h6-7,15H,5,8-9H2,1-4H3. The van der Waals surface area contributed by atoms with Crippen LogP contribution in [0.3, 0.4) is 0 Å². The van der Waals surface area contributed by atoms with Gasteiger partial charge >= 0.3 is 0 Å². The van der Waals surface area contributed by atoms with Crippen molar-refractivity contribution in [2.75, 3.05) is 13.1 Å². The van der Waals surface area contributed by atoms with Crippen LogP contribution in [0.1, 0.15) is 26.5 Å². The minimum Gasteiger partial charge on any atom is -0.389 e. The van der Waals surface area contributed by atoms with Gasteiger partial charge < -0.3 is 5.11 Å². The SMILES string of the molecule is CCN(Cc1ccn(C)n1)CC(C)(C)O. The molecule has 4 heteroatoms. The molecule has 0 aromatic carbocycles. The predicted octanol–water partition coefficient (Wildman–Crippen LogP) is 1.01. The van der Waals surface area contributed by atoms with E-state index in [1.165, 1.54) is 0 Å². The third kappa shape index (κ3) is 4.44. The number of rotatable bonds is 5. The highest BCUT2D eigenvalue weighted by Gasteiger charge is 2.17. The number of likely N-dealkylation sites (N-methyl/N-ethyl adjacent to an activating group) is 1. The summed E-state index contributed by atoms with van der Waals surface area (Å²) in [6.45, 7) is 8.12. The van der Waals surface area contributed by atoms with E-state index in [1.54, 1.807) is 4.68 Å². The van der Waals surface area contributed by atoms with Crippen molar-refractivity contribution in [1.29, 1.82) is 0 Å². The summed E-state index contributed by atoms with van der Waals surface area (Å²) in [7, 11) is 1.91. The smallest absolute Gasteiger partial charge is 0.0764 e. The van der Waals surface area contributed by atoms with E-state index in [0.717, 1.165) is 18.8 Å². The quantitative estimate of drug-likeness (QED) is 0.790. The normalized spacial score (nSPS) is 12.4. The lowest BCUT2D eigenvalue weighted by Crippen LogP contribution is -2.38. The Labute approximate surface area is 91.5 Å². The maximum absolute atomic E-state index is 9.74. The summed E-state index contributed by atoms with van der Waals surface area (Å²) in [5, 5.41) is 14.1. The predicted molar refractivity (Wildman–Crippen MR) is 60.5 cm³/mol. The average molecular weight is 211 g/mol. The van der Waals surface area contributed by atoms with Crippen molar-refractivity contribution in [1.82, 2.24) is 14.7 Å². The van der Waals surface area contributed by atoms with Gasteiger partial charge in [0.05, 0.1) is 11.3 Å². The molecule has 1 heterocycles. The summed E-state index contributed by atoms with van der Waals surface area (Å²) in [5.41, 5.74) is 0.397. The first-order valence-electron chi connectivity index (χ1n) is 5.34. The van der Waals surface area contributed by atoms with Crippen LogP contribution in [0.4, 0.5) is 0 Å². The molecule has 0 aliphatic rings. The van der Waals surface area contributed by atoms with Gasteiger partial charge in [0.25, 0.3) is 0 Å². The average Bonchev–Trinajstić information content (AvgIpc) is 2.47. The monoisotopic (exact) mass is 211 g/mol. The number of nitrogens with zero attached hydrogens (tertiary/aromatic N) is 3. The molecule has 0 aliphatic heterocycles. The Balaban J connectivity index is 2.54. The van der Waals surface area contributed by atoms with Crippen LogP contribution in [0.2, 0.25) is 0 Å². The molecule has 15 heavy (non-hydrogen) atoms. The molecule has 0 unspecified atom stereocenters. The molecule has 0 saturated carbocycles. The van der Waals surface area contributed by atoms with E-state index in [4.69, 9.17) is 0 Å². The Kier molecular flexibility index (Phi) is 3.88. The zero-order chi connectivity index (χ0) is 11.5. The van der Waals surface area contributed by atoms with E-state index in [1.807, 2.05) is 33.2 Å². The minimum absolute atomic E-state index is 0.648. The van der Waals surface area contributed by atoms with E-state index in [-0.39, 0.29) is 0 Å². The molecular formula is C11H21N3O. The zero-order valence-electron chi connectivity index (χ0n) is 10.1. The maximum atomic E-state index is 9.74. The molecular weight excluding hydrogens is 190 g/mol. The second-order valence-corrected chi connectivity index (χ2v) is 4.60. The summed E-state index contributed by atoms with van der Waals surface area (Å²) >= 11 is 0. The summed E-state index contributed by atoms with van der Waals surface area (Å²) in [4.78, 5) is 2.18. The third-order valence-electron chi connectivity index (χ3n) is 2.21. The Hall–Kier alpha value is -0.870. The number of aryl methyl sites for hydroxylation is 1. The van der Waals surface area contributed by atoms with Gasteiger partial charge in [-0.2, -0.15) is 5.10 Å². The van der Waals surface area contributed by atoms with E-state index >= 15 is 0 Å². The Bertz CT molecular complexity index is 301. The maximum Gasteiger partial charge on any atom is 0.0764 e. The van der Waals surface area contributed by atoms with Crippen molar-refractivity contribution >= 4 is 0 Å². The van der Waals surface area contributed by atoms with Gasteiger partial charge in [-0.25, -0.2) is 0 Å². The molecule has 0 aliphatic carbocycles. The first kappa shape index (κ1) is 12.2. The van der Waals surface area contributed by atoms with Gasteiger partial charge in [-0.05, 0) is 26.5 Å². The lowest BCUT2D eigenvalue weighted by atomic mass is 10.1. The fourth-order valence-electron chi connectivity index (χ4n) is 1.60. The fourth-order valence-corrected chi connectivity index (χ4v) is 1.60. The van der Waals surface area contributed by atoms with E-state index in [2.05, 4.69) is 16.9 Å². The van der Waals surface area contributed by atoms with Gasteiger partial charge in [-0.3, -0.25) is 9.58 Å². The summed E-state index contributed by atoms with van der Waals surface area (Å²) < 4.78 is 1.80. The van der Waals surface area contributed by atoms with Crippen LogP contribution in [-0.4, -0.2) is 38.5 Å². The number of aliphatic hydroxyl groups is 1. The first-order chi connectivity index (χ1) is 6.90. The minimum atomic E-state index is -0.648. The van der Waals surface area contributed by atoms with Crippen molar-refractivity contribution in [2.45, 2.75) is 32.9 Å². The molecule has 0 bridgehead atoms.